The third kappa shape index (κ3) is 3.65. The molecule has 35 heavy (non-hydrogen) atoms. The summed E-state index contributed by atoms with van der Waals surface area (Å²) in [7, 11) is 0. The number of hydrogen-bond donors (Lipinski definition) is 2. The molecule has 0 radical (unpaired) electrons. The van der Waals surface area contributed by atoms with E-state index < -0.39 is 46.0 Å². The summed E-state index contributed by atoms with van der Waals surface area (Å²) in [5.41, 5.74) is -0.738. The Kier molecular flexibility index (Phi) is 5.38. The highest BCUT2D eigenvalue weighted by atomic mass is 19.1. The van der Waals surface area contributed by atoms with Crippen molar-refractivity contribution in [2.75, 3.05) is 11.4 Å². The molecule has 10 heteroatoms. The quantitative estimate of drug-likeness (QED) is 0.598. The Morgan fingerprint density at radius 2 is 1.94 bits per heavy atom. The van der Waals surface area contributed by atoms with Gasteiger partial charge in [0.25, 0.3) is 11.8 Å². The van der Waals surface area contributed by atoms with Gasteiger partial charge in [-0.25, -0.2) is 13.2 Å². The van der Waals surface area contributed by atoms with Crippen molar-refractivity contribution in [1.29, 1.82) is 0 Å². The average molecular weight is 483 g/mol. The van der Waals surface area contributed by atoms with Crippen molar-refractivity contribution in [3.63, 3.8) is 0 Å². The number of aromatic hydroxyl groups is 1. The van der Waals surface area contributed by atoms with Gasteiger partial charge >= 0.3 is 0 Å². The first-order valence-electron chi connectivity index (χ1n) is 11.0. The highest BCUT2D eigenvalue weighted by Crippen LogP contribution is 2.37. The predicted octanol–water partition coefficient (Wildman–Crippen LogP) is 3.36. The van der Waals surface area contributed by atoms with Crippen molar-refractivity contribution < 1.29 is 27.9 Å². The van der Waals surface area contributed by atoms with E-state index >= 15 is 0 Å². The highest BCUT2D eigenvalue weighted by molar-refractivity contribution is 6.08. The molecule has 2 N–H and O–H groups in total. The number of fused-ring (bicyclic) bond motifs is 6. The fourth-order valence-electron chi connectivity index (χ4n) is 4.69. The van der Waals surface area contributed by atoms with Crippen LogP contribution < -0.4 is 15.6 Å². The Morgan fingerprint density at radius 3 is 2.71 bits per heavy atom. The largest absolute Gasteiger partial charge is 0.503 e. The first-order valence-corrected chi connectivity index (χ1v) is 11.0. The number of carbonyl (C=O) groups is 2. The van der Waals surface area contributed by atoms with Crippen LogP contribution in [0.5, 0.6) is 5.75 Å². The number of anilines is 1. The van der Waals surface area contributed by atoms with Crippen LogP contribution in [-0.2, 0) is 13.0 Å². The Bertz CT molecular complexity index is 1470. The van der Waals surface area contributed by atoms with Gasteiger partial charge in [0, 0.05) is 36.1 Å². The van der Waals surface area contributed by atoms with E-state index in [1.807, 2.05) is 0 Å². The third-order valence-corrected chi connectivity index (χ3v) is 6.61. The van der Waals surface area contributed by atoms with Crippen molar-refractivity contribution >= 4 is 17.5 Å². The molecule has 0 saturated carbocycles. The van der Waals surface area contributed by atoms with Crippen LogP contribution in [-0.4, -0.2) is 28.0 Å². The zero-order chi connectivity index (χ0) is 25.0. The van der Waals surface area contributed by atoms with Crippen molar-refractivity contribution in [3.8, 4) is 5.75 Å². The number of benzene rings is 2. The van der Waals surface area contributed by atoms with E-state index in [-0.39, 0.29) is 36.0 Å². The fraction of sp³-hybridized carbons (Fsp3) is 0.240. The molecule has 1 aromatic heterocycles. The van der Waals surface area contributed by atoms with Gasteiger partial charge in [-0.3, -0.25) is 14.4 Å². The lowest BCUT2D eigenvalue weighted by molar-refractivity contribution is 0.0929. The second-order valence-electron chi connectivity index (χ2n) is 8.69. The predicted molar refractivity (Wildman–Crippen MR) is 120 cm³/mol. The summed E-state index contributed by atoms with van der Waals surface area (Å²) in [5.74, 6) is -4.35. The zero-order valence-corrected chi connectivity index (χ0v) is 18.6. The van der Waals surface area contributed by atoms with Gasteiger partial charge in [0.05, 0.1) is 6.04 Å². The van der Waals surface area contributed by atoms with Gasteiger partial charge < -0.3 is 19.9 Å². The normalized spacial score (nSPS) is 16.4. The number of amides is 2. The smallest absolute Gasteiger partial charge is 0.279 e. The van der Waals surface area contributed by atoms with Crippen molar-refractivity contribution in [2.45, 2.75) is 32.4 Å². The Morgan fingerprint density at radius 1 is 1.17 bits per heavy atom. The first kappa shape index (κ1) is 22.7. The molecule has 0 fully saturated rings. The standard InChI is InChI=1S/C25H20F3N3O4/c1-12-18(27)6-3-14(20(12)28)9-29-24(34)17-11-30-16-5-2-13-8-15(26)4-7-19(13)31(10-16)25(35)21(30)23(33)22(17)32/h3-4,6-8,11,16,33H,2,5,9-10H2,1H3,(H,29,34). The van der Waals surface area contributed by atoms with Crippen molar-refractivity contribution in [3.05, 3.63) is 92.2 Å². The number of pyridine rings is 1. The summed E-state index contributed by atoms with van der Waals surface area (Å²) in [6.45, 7) is 1.17. The van der Waals surface area contributed by atoms with Crippen molar-refractivity contribution in [2.24, 2.45) is 0 Å². The van der Waals surface area contributed by atoms with E-state index in [0.29, 0.717) is 24.1 Å². The van der Waals surface area contributed by atoms with Gasteiger partial charge in [-0.1, -0.05) is 6.07 Å². The van der Waals surface area contributed by atoms with Gasteiger partial charge in [0.15, 0.2) is 11.4 Å². The molecular formula is C25H20F3N3O4. The summed E-state index contributed by atoms with van der Waals surface area (Å²) in [6, 6.07) is 5.97. The summed E-state index contributed by atoms with van der Waals surface area (Å²) >= 11 is 0. The van der Waals surface area contributed by atoms with Crippen LogP contribution in [0.25, 0.3) is 0 Å². The van der Waals surface area contributed by atoms with Crippen LogP contribution in [0.1, 0.15) is 50.0 Å². The average Bonchev–Trinajstić information content (AvgIpc) is 3.00. The second kappa shape index (κ2) is 8.30. The van der Waals surface area contributed by atoms with Crippen LogP contribution in [0.15, 0.2) is 41.3 Å². The Labute approximate surface area is 197 Å². The van der Waals surface area contributed by atoms with Crippen LogP contribution in [0.4, 0.5) is 18.9 Å². The lowest BCUT2D eigenvalue weighted by atomic mass is 10.0. The van der Waals surface area contributed by atoms with Crippen LogP contribution in [0, 0.1) is 24.4 Å². The molecule has 0 spiro atoms. The molecule has 3 aromatic rings. The molecular weight excluding hydrogens is 463 g/mol. The Balaban J connectivity index is 1.49. The van der Waals surface area contributed by atoms with Crippen molar-refractivity contribution in [1.82, 2.24) is 9.88 Å². The van der Waals surface area contributed by atoms with Crippen LogP contribution in [0.3, 0.4) is 0 Å². The summed E-state index contributed by atoms with van der Waals surface area (Å²) in [6.07, 6.45) is 2.13. The molecule has 2 aliphatic heterocycles. The van der Waals surface area contributed by atoms with E-state index in [1.54, 1.807) is 0 Å². The lowest BCUT2D eigenvalue weighted by Crippen LogP contribution is -2.44. The molecule has 5 rings (SSSR count). The first-order chi connectivity index (χ1) is 16.7. The zero-order valence-electron chi connectivity index (χ0n) is 18.6. The molecule has 1 atom stereocenters. The summed E-state index contributed by atoms with van der Waals surface area (Å²) in [4.78, 5) is 40.3. The molecule has 2 bridgehead atoms. The second-order valence-corrected chi connectivity index (χ2v) is 8.69. The van der Waals surface area contributed by atoms with Gasteiger partial charge in [0.1, 0.15) is 23.0 Å². The van der Waals surface area contributed by atoms with Crippen LogP contribution in [0.2, 0.25) is 0 Å². The number of rotatable bonds is 3. The van der Waals surface area contributed by atoms with Gasteiger partial charge in [-0.2, -0.15) is 0 Å². The molecule has 0 saturated heterocycles. The Hall–Kier alpha value is -4.08. The SMILES string of the molecule is Cc1c(F)ccc(CNC(=O)c2cn3c(c(O)c2=O)C(=O)N2CC3CCc3cc(F)ccc32)c1F. The topological polar surface area (TPSA) is 91.6 Å². The van der Waals surface area contributed by atoms with Gasteiger partial charge in [-0.05, 0) is 49.6 Å². The number of aromatic nitrogens is 1. The lowest BCUT2D eigenvalue weighted by Gasteiger charge is -2.35. The molecule has 2 aromatic carbocycles. The number of halogens is 3. The summed E-state index contributed by atoms with van der Waals surface area (Å²) in [5, 5.41) is 13.1. The maximum absolute atomic E-state index is 14.3. The maximum atomic E-state index is 14.3. The highest BCUT2D eigenvalue weighted by Gasteiger charge is 2.38. The summed E-state index contributed by atoms with van der Waals surface area (Å²) < 4.78 is 43.0. The minimum atomic E-state index is -1.04. The fourth-order valence-corrected chi connectivity index (χ4v) is 4.69. The monoisotopic (exact) mass is 483 g/mol. The van der Waals surface area contributed by atoms with Gasteiger partial charge in [0.2, 0.25) is 5.43 Å². The van der Waals surface area contributed by atoms with E-state index in [4.69, 9.17) is 0 Å². The number of aryl methyl sites for hydroxylation is 1. The maximum Gasteiger partial charge on any atom is 0.279 e. The molecule has 0 aliphatic carbocycles. The molecule has 7 nitrogen and oxygen atoms in total. The minimum absolute atomic E-state index is 0.0270. The molecule has 3 heterocycles. The van der Waals surface area contributed by atoms with E-state index in [0.717, 1.165) is 6.07 Å². The molecule has 2 amide bonds. The molecule has 2 aliphatic rings. The minimum Gasteiger partial charge on any atom is -0.503 e. The van der Waals surface area contributed by atoms with E-state index in [2.05, 4.69) is 5.32 Å². The number of hydrogen-bond acceptors (Lipinski definition) is 4. The van der Waals surface area contributed by atoms with Gasteiger partial charge in [-0.15, -0.1) is 0 Å². The van der Waals surface area contributed by atoms with E-state index in [1.165, 1.54) is 46.9 Å². The van der Waals surface area contributed by atoms with Crippen LogP contribution >= 0.6 is 0 Å². The molecule has 1 unspecified atom stereocenters. The number of nitrogens with one attached hydrogen (secondary N) is 1. The third-order valence-electron chi connectivity index (χ3n) is 6.61. The number of nitrogens with zero attached hydrogens (tertiary/aromatic N) is 2. The number of carbonyl (C=O) groups excluding carboxylic acids is 2. The molecule has 180 valence electrons. The van der Waals surface area contributed by atoms with E-state index in [9.17, 15) is 32.7 Å².